The van der Waals surface area contributed by atoms with Gasteiger partial charge in [0.25, 0.3) is 0 Å². The molecule has 1 amide bonds. The van der Waals surface area contributed by atoms with Crippen molar-refractivity contribution in [3.8, 4) is 17.1 Å². The highest BCUT2D eigenvalue weighted by Crippen LogP contribution is 2.29. The van der Waals surface area contributed by atoms with Gasteiger partial charge in [0.1, 0.15) is 18.5 Å². The van der Waals surface area contributed by atoms with E-state index in [9.17, 15) is 9.59 Å². The molecule has 2 atom stereocenters. The summed E-state index contributed by atoms with van der Waals surface area (Å²) in [5, 5.41) is 13.2. The molecule has 2 aromatic rings. The van der Waals surface area contributed by atoms with Gasteiger partial charge in [0.05, 0.1) is 17.9 Å². The topological polar surface area (TPSA) is 111 Å². The quantitative estimate of drug-likeness (QED) is 0.590. The van der Waals surface area contributed by atoms with Crippen LogP contribution in [0.3, 0.4) is 0 Å². The zero-order chi connectivity index (χ0) is 24.0. The highest BCUT2D eigenvalue weighted by molar-refractivity contribution is 5.72. The minimum atomic E-state index is -0.973. The highest BCUT2D eigenvalue weighted by Gasteiger charge is 2.29. The van der Waals surface area contributed by atoms with Gasteiger partial charge in [0.2, 0.25) is 0 Å². The van der Waals surface area contributed by atoms with E-state index in [0.717, 1.165) is 12.0 Å². The van der Waals surface area contributed by atoms with E-state index in [1.165, 1.54) is 0 Å². The van der Waals surface area contributed by atoms with Crippen LogP contribution in [0.2, 0.25) is 0 Å². The molecule has 1 aromatic heterocycles. The molecule has 1 aliphatic heterocycles. The Bertz CT molecular complexity index is 939. The average Bonchev–Trinajstić information content (AvgIpc) is 3.16. The molecule has 180 valence electrons. The lowest BCUT2D eigenvalue weighted by Crippen LogP contribution is -2.37. The third-order valence-corrected chi connectivity index (χ3v) is 5.61. The first kappa shape index (κ1) is 24.6. The molecule has 3 rings (SSSR count). The van der Waals surface area contributed by atoms with Crippen LogP contribution in [0.5, 0.6) is 5.75 Å². The number of carbonyl (C=O) groups excluding carboxylic acids is 1. The first-order valence-corrected chi connectivity index (χ1v) is 11.2. The lowest BCUT2D eigenvalue weighted by Gasteiger charge is -2.27. The number of aromatic nitrogens is 1. The van der Waals surface area contributed by atoms with Crippen molar-refractivity contribution in [3.05, 3.63) is 35.5 Å². The Morgan fingerprint density at radius 3 is 2.67 bits per heavy atom. The van der Waals surface area contributed by atoms with Crippen LogP contribution >= 0.6 is 0 Å². The van der Waals surface area contributed by atoms with E-state index >= 15 is 0 Å². The summed E-state index contributed by atoms with van der Waals surface area (Å²) in [6.45, 7) is 7.07. The number of hydrogen-bond acceptors (Lipinski definition) is 7. The van der Waals surface area contributed by atoms with Gasteiger partial charge >= 0.3 is 12.1 Å². The normalized spacial score (nSPS) is 18.2. The molecule has 1 aromatic carbocycles. The van der Waals surface area contributed by atoms with Gasteiger partial charge in [0.15, 0.2) is 11.9 Å². The van der Waals surface area contributed by atoms with Gasteiger partial charge in [-0.1, -0.05) is 19.0 Å². The number of benzene rings is 1. The summed E-state index contributed by atoms with van der Waals surface area (Å²) in [6, 6.07) is 7.27. The lowest BCUT2D eigenvalue weighted by molar-refractivity contribution is -0.156. The van der Waals surface area contributed by atoms with Gasteiger partial charge in [-0.2, -0.15) is 0 Å². The summed E-state index contributed by atoms with van der Waals surface area (Å²) in [4.78, 5) is 25.0. The lowest BCUT2D eigenvalue weighted by atomic mass is 10.1. The third-order valence-electron chi connectivity index (χ3n) is 5.61. The fourth-order valence-electron chi connectivity index (χ4n) is 3.50. The standard InChI is InChI=1S/C24H32N2O7/c1-15(2)9-11-26(4)24(29)31-14-20-16(3)25-33-22(20)17-5-7-18(8-6-17)32-19-10-12-30-21(13-19)23(27)28/h5-8,15,19,21H,9-14H2,1-4H3,(H,27,28)/t19-,21-/m1/s1. The van der Waals surface area contributed by atoms with Crippen molar-refractivity contribution in [1.82, 2.24) is 10.1 Å². The van der Waals surface area contributed by atoms with Gasteiger partial charge < -0.3 is 28.7 Å². The van der Waals surface area contributed by atoms with E-state index in [0.29, 0.717) is 54.7 Å². The average molecular weight is 461 g/mol. The van der Waals surface area contributed by atoms with Crippen LogP contribution in [0.4, 0.5) is 4.79 Å². The van der Waals surface area contributed by atoms with E-state index in [2.05, 4.69) is 19.0 Å². The number of amides is 1. The maximum Gasteiger partial charge on any atom is 0.409 e. The van der Waals surface area contributed by atoms with Crippen LogP contribution in [-0.4, -0.2) is 59.6 Å². The molecule has 1 aliphatic rings. The summed E-state index contributed by atoms with van der Waals surface area (Å²) in [6.07, 6.45) is 0.397. The number of aryl methyl sites for hydroxylation is 1. The minimum absolute atomic E-state index is 0.0619. The maximum atomic E-state index is 12.3. The van der Waals surface area contributed by atoms with Crippen LogP contribution in [0, 0.1) is 12.8 Å². The molecular weight excluding hydrogens is 428 g/mol. The van der Waals surface area contributed by atoms with Crippen molar-refractivity contribution in [3.63, 3.8) is 0 Å². The molecule has 0 spiro atoms. The number of rotatable bonds is 9. The molecule has 9 heteroatoms. The Morgan fingerprint density at radius 1 is 1.27 bits per heavy atom. The first-order valence-electron chi connectivity index (χ1n) is 11.2. The molecule has 0 aliphatic carbocycles. The number of carboxylic acid groups (broad SMARTS) is 1. The summed E-state index contributed by atoms with van der Waals surface area (Å²) in [5.41, 5.74) is 2.14. The maximum absolute atomic E-state index is 12.3. The second kappa shape index (κ2) is 11.2. The van der Waals surface area contributed by atoms with Gasteiger partial charge in [-0.3, -0.25) is 0 Å². The molecule has 9 nitrogen and oxygen atoms in total. The smallest absolute Gasteiger partial charge is 0.409 e. The Labute approximate surface area is 193 Å². The molecule has 2 heterocycles. The summed E-state index contributed by atoms with van der Waals surface area (Å²) < 4.78 is 22.2. The molecule has 1 N–H and O–H groups in total. The SMILES string of the molecule is Cc1noc(-c2ccc(O[C@@H]3CCO[C@@H](C(=O)O)C3)cc2)c1COC(=O)N(C)CCC(C)C. The fourth-order valence-corrected chi connectivity index (χ4v) is 3.50. The highest BCUT2D eigenvalue weighted by atomic mass is 16.6. The van der Waals surface area contributed by atoms with Crippen molar-refractivity contribution in [1.29, 1.82) is 0 Å². The Morgan fingerprint density at radius 2 is 2.00 bits per heavy atom. The van der Waals surface area contributed by atoms with E-state index in [1.807, 2.05) is 12.1 Å². The summed E-state index contributed by atoms with van der Waals surface area (Å²) in [7, 11) is 1.72. The van der Waals surface area contributed by atoms with Crippen molar-refractivity contribution >= 4 is 12.1 Å². The number of carboxylic acids is 1. The predicted octanol–water partition coefficient (Wildman–Crippen LogP) is 4.28. The molecule has 0 unspecified atom stereocenters. The second-order valence-electron chi connectivity index (χ2n) is 8.72. The second-order valence-corrected chi connectivity index (χ2v) is 8.72. The fraction of sp³-hybridized carbons (Fsp3) is 0.542. The van der Waals surface area contributed by atoms with Crippen molar-refractivity contribution in [2.24, 2.45) is 5.92 Å². The molecule has 0 saturated carbocycles. The van der Waals surface area contributed by atoms with E-state index in [4.69, 9.17) is 23.8 Å². The van der Waals surface area contributed by atoms with Crippen molar-refractivity contribution < 1.29 is 33.4 Å². The molecule has 0 bridgehead atoms. The number of ether oxygens (including phenoxy) is 3. The molecule has 33 heavy (non-hydrogen) atoms. The minimum Gasteiger partial charge on any atom is -0.490 e. The van der Waals surface area contributed by atoms with Gasteiger partial charge in [-0.15, -0.1) is 0 Å². The van der Waals surface area contributed by atoms with Crippen LogP contribution in [-0.2, 0) is 20.9 Å². The number of carbonyl (C=O) groups is 2. The molecule has 0 radical (unpaired) electrons. The summed E-state index contributed by atoms with van der Waals surface area (Å²) >= 11 is 0. The van der Waals surface area contributed by atoms with Crippen LogP contribution in [0.15, 0.2) is 28.8 Å². The Hall–Kier alpha value is -3.07. The van der Waals surface area contributed by atoms with Crippen LogP contribution in [0.1, 0.15) is 44.4 Å². The third kappa shape index (κ3) is 6.71. The molecule has 1 fully saturated rings. The van der Waals surface area contributed by atoms with Gasteiger partial charge in [0, 0.05) is 32.0 Å². The van der Waals surface area contributed by atoms with Gasteiger partial charge in [-0.05, 0) is 43.5 Å². The zero-order valence-electron chi connectivity index (χ0n) is 19.6. The predicted molar refractivity (Wildman–Crippen MR) is 120 cm³/mol. The number of nitrogens with zero attached hydrogens (tertiary/aromatic N) is 2. The van der Waals surface area contributed by atoms with Crippen molar-refractivity contribution in [2.75, 3.05) is 20.2 Å². The molecular formula is C24H32N2O7. The Balaban J connectivity index is 1.61. The molecule has 1 saturated heterocycles. The number of hydrogen-bond donors (Lipinski definition) is 1. The summed E-state index contributed by atoms with van der Waals surface area (Å²) in [5.74, 6) is 0.697. The van der Waals surface area contributed by atoms with Crippen LogP contribution in [0.25, 0.3) is 11.3 Å². The first-order chi connectivity index (χ1) is 15.7. The largest absolute Gasteiger partial charge is 0.490 e. The van der Waals surface area contributed by atoms with E-state index < -0.39 is 12.1 Å². The van der Waals surface area contributed by atoms with Crippen molar-refractivity contribution in [2.45, 2.75) is 58.8 Å². The Kier molecular flexibility index (Phi) is 8.32. The van der Waals surface area contributed by atoms with E-state index in [1.54, 1.807) is 31.0 Å². The van der Waals surface area contributed by atoms with Crippen LogP contribution < -0.4 is 4.74 Å². The van der Waals surface area contributed by atoms with Gasteiger partial charge in [-0.25, -0.2) is 9.59 Å². The number of aliphatic carboxylic acids is 1. The monoisotopic (exact) mass is 460 g/mol. The van der Waals surface area contributed by atoms with E-state index in [-0.39, 0.29) is 18.8 Å². The zero-order valence-corrected chi connectivity index (χ0v) is 19.6.